The molecule has 0 amide bonds. The number of aromatic hydroxyl groups is 1. The summed E-state index contributed by atoms with van der Waals surface area (Å²) in [5.41, 5.74) is -1.79. The minimum Gasteiger partial charge on any atom is -0.502 e. The molecule has 0 saturated carbocycles. The number of phenolic OH excluding ortho intramolecular Hbond substituents is 1. The lowest BCUT2D eigenvalue weighted by atomic mass is 10.2. The van der Waals surface area contributed by atoms with Gasteiger partial charge >= 0.3 is 11.4 Å². The average Bonchev–Trinajstić information content (AvgIpc) is 2.17. The van der Waals surface area contributed by atoms with Gasteiger partial charge in [0.05, 0.1) is 9.85 Å². The predicted octanol–water partition coefficient (Wildman–Crippen LogP) is 1.07. The maximum atomic E-state index is 10.5. The quantitative estimate of drug-likeness (QED) is 0.460. The van der Waals surface area contributed by atoms with Gasteiger partial charge in [0.25, 0.3) is 12.0 Å². The summed E-state index contributed by atoms with van der Waals surface area (Å²) in [5.74, 6) is -1.71. The normalized spacial score (nSPS) is 9.19. The van der Waals surface area contributed by atoms with Crippen LogP contribution in [-0.4, -0.2) is 15.0 Å². The number of hydrogen-bond donors (Lipinski definition) is 1. The summed E-state index contributed by atoms with van der Waals surface area (Å²) in [7, 11) is 0. The Labute approximate surface area is 87.4 Å². The van der Waals surface area contributed by atoms with Gasteiger partial charge in [0, 0.05) is 6.07 Å². The van der Waals surface area contributed by atoms with Gasteiger partial charge < -0.3 is 9.84 Å². The van der Waals surface area contributed by atoms with Crippen LogP contribution < -0.4 is 4.74 Å². The molecule has 82 valence electrons. The third-order valence-corrected chi connectivity index (χ3v) is 1.62. The molecule has 16 heavy (non-hydrogen) atoms. The first kappa shape index (κ1) is 11.2. The van der Waals surface area contributed by atoms with Crippen LogP contribution in [0, 0.1) is 31.7 Å². The smallest absolute Gasteiger partial charge is 0.361 e. The van der Waals surface area contributed by atoms with E-state index in [0.717, 1.165) is 18.4 Å². The van der Waals surface area contributed by atoms with Gasteiger partial charge in [-0.2, -0.15) is 0 Å². The Hall–Kier alpha value is -2.89. The fraction of sp³-hybridized carbons (Fsp3) is 0. The number of nitro benzene ring substituents is 2. The minimum absolute atomic E-state index is 0.772. The maximum Gasteiger partial charge on any atom is 0.361 e. The van der Waals surface area contributed by atoms with Crippen molar-refractivity contribution < 1.29 is 19.7 Å². The first-order valence-electron chi connectivity index (χ1n) is 3.69. The highest BCUT2D eigenvalue weighted by atomic mass is 16.6. The summed E-state index contributed by atoms with van der Waals surface area (Å²) in [6, 6.07) is 1.58. The van der Waals surface area contributed by atoms with Gasteiger partial charge in [-0.05, 0) is 6.07 Å². The largest absolute Gasteiger partial charge is 0.502 e. The highest BCUT2D eigenvalue weighted by Gasteiger charge is 2.31. The van der Waals surface area contributed by atoms with Crippen LogP contribution >= 0.6 is 0 Å². The van der Waals surface area contributed by atoms with Crippen molar-refractivity contribution in [2.75, 3.05) is 0 Å². The van der Waals surface area contributed by atoms with Crippen LogP contribution in [-0.2, 0) is 0 Å². The van der Waals surface area contributed by atoms with Gasteiger partial charge in [0.1, 0.15) is 0 Å². The van der Waals surface area contributed by atoms with Crippen LogP contribution in [0.25, 0.3) is 0 Å². The third-order valence-electron chi connectivity index (χ3n) is 1.62. The first-order chi connectivity index (χ1) is 7.49. The van der Waals surface area contributed by atoms with Crippen molar-refractivity contribution >= 4 is 11.4 Å². The molecule has 0 aliphatic rings. The molecule has 1 N–H and O–H groups in total. The zero-order chi connectivity index (χ0) is 12.3. The lowest BCUT2D eigenvalue weighted by molar-refractivity contribution is -0.396. The van der Waals surface area contributed by atoms with E-state index in [0.29, 0.717) is 0 Å². The Kier molecular flexibility index (Phi) is 2.86. The van der Waals surface area contributed by atoms with E-state index < -0.39 is 32.7 Å². The molecule has 0 unspecified atom stereocenters. The number of nitriles is 1. The molecule has 0 radical (unpaired) electrons. The van der Waals surface area contributed by atoms with Crippen molar-refractivity contribution in [2.24, 2.45) is 0 Å². The summed E-state index contributed by atoms with van der Waals surface area (Å²) in [5, 5.41) is 38.4. The second kappa shape index (κ2) is 4.09. The van der Waals surface area contributed by atoms with E-state index in [1.807, 2.05) is 0 Å². The summed E-state index contributed by atoms with van der Waals surface area (Å²) in [6.45, 7) is 0. The van der Waals surface area contributed by atoms with E-state index >= 15 is 0 Å². The number of rotatable bonds is 3. The summed E-state index contributed by atoms with van der Waals surface area (Å²) in [6.07, 6.45) is 1.08. The molecule has 0 saturated heterocycles. The molecule has 9 heteroatoms. The lowest BCUT2D eigenvalue weighted by Gasteiger charge is -2.01. The molecule has 0 heterocycles. The van der Waals surface area contributed by atoms with Crippen LogP contribution in [0.1, 0.15) is 0 Å². The van der Waals surface area contributed by atoms with E-state index in [1.165, 1.54) is 0 Å². The highest BCUT2D eigenvalue weighted by Crippen LogP contribution is 2.42. The second-order valence-corrected chi connectivity index (χ2v) is 2.49. The number of phenols is 1. The highest BCUT2D eigenvalue weighted by molar-refractivity contribution is 5.66. The van der Waals surface area contributed by atoms with Crippen molar-refractivity contribution in [3.05, 3.63) is 32.4 Å². The summed E-state index contributed by atoms with van der Waals surface area (Å²) in [4.78, 5) is 19.0. The topological polar surface area (TPSA) is 140 Å². The van der Waals surface area contributed by atoms with Crippen LogP contribution in [0.4, 0.5) is 11.4 Å². The minimum atomic E-state index is -1.07. The molecule has 0 atom stereocenters. The van der Waals surface area contributed by atoms with Crippen molar-refractivity contribution in [1.29, 1.82) is 5.26 Å². The lowest BCUT2D eigenvalue weighted by Crippen LogP contribution is -1.98. The van der Waals surface area contributed by atoms with Crippen LogP contribution in [0.5, 0.6) is 11.5 Å². The fourth-order valence-electron chi connectivity index (χ4n) is 1.02. The molecule has 0 aromatic heterocycles. The van der Waals surface area contributed by atoms with Crippen molar-refractivity contribution in [3.8, 4) is 17.8 Å². The monoisotopic (exact) mass is 225 g/mol. The van der Waals surface area contributed by atoms with E-state index in [4.69, 9.17) is 10.4 Å². The number of hydrogen-bond acceptors (Lipinski definition) is 7. The molecular weight excluding hydrogens is 222 g/mol. The Balaban J connectivity index is 3.57. The molecule has 0 aliphatic carbocycles. The van der Waals surface area contributed by atoms with Crippen molar-refractivity contribution in [2.45, 2.75) is 0 Å². The third kappa shape index (κ3) is 1.80. The Morgan fingerprint density at radius 1 is 1.31 bits per heavy atom. The molecule has 0 fully saturated rings. The molecule has 0 spiro atoms. The maximum absolute atomic E-state index is 10.5. The first-order valence-corrected chi connectivity index (χ1v) is 3.69. The van der Waals surface area contributed by atoms with Crippen molar-refractivity contribution in [1.82, 2.24) is 0 Å². The SMILES string of the molecule is N#COc1c([N+](=O)[O-])ccc(O)c1[N+](=O)[O-]. The number of nitro groups is 2. The van der Waals surface area contributed by atoms with Crippen LogP contribution in [0.15, 0.2) is 12.1 Å². The van der Waals surface area contributed by atoms with E-state index in [2.05, 4.69) is 4.74 Å². The van der Waals surface area contributed by atoms with Gasteiger partial charge in [-0.1, -0.05) is 0 Å². The molecule has 0 bridgehead atoms. The van der Waals surface area contributed by atoms with Crippen LogP contribution in [0.3, 0.4) is 0 Å². The zero-order valence-corrected chi connectivity index (χ0v) is 7.48. The van der Waals surface area contributed by atoms with Gasteiger partial charge in [0.2, 0.25) is 0 Å². The van der Waals surface area contributed by atoms with E-state index in [1.54, 1.807) is 0 Å². The van der Waals surface area contributed by atoms with Crippen LogP contribution in [0.2, 0.25) is 0 Å². The van der Waals surface area contributed by atoms with Crippen molar-refractivity contribution in [3.63, 3.8) is 0 Å². The molecule has 1 aromatic rings. The Morgan fingerprint density at radius 2 is 1.94 bits per heavy atom. The molecule has 1 aromatic carbocycles. The standard InChI is InChI=1S/C7H3N3O6/c8-3-16-7-4(9(12)13)1-2-5(11)6(7)10(14)15/h1-2,11H. The van der Waals surface area contributed by atoms with E-state index in [9.17, 15) is 20.2 Å². The van der Waals surface area contributed by atoms with Gasteiger partial charge in [0.15, 0.2) is 5.75 Å². The molecule has 0 aliphatic heterocycles. The number of ether oxygens (including phenoxy) is 1. The summed E-state index contributed by atoms with van der Waals surface area (Å²) >= 11 is 0. The van der Waals surface area contributed by atoms with Gasteiger partial charge in [-0.25, -0.2) is 0 Å². The van der Waals surface area contributed by atoms with Gasteiger partial charge in [-0.3, -0.25) is 20.2 Å². The molecular formula is C7H3N3O6. The van der Waals surface area contributed by atoms with E-state index in [-0.39, 0.29) is 0 Å². The number of nitrogens with zero attached hydrogens (tertiary/aromatic N) is 3. The second-order valence-electron chi connectivity index (χ2n) is 2.49. The average molecular weight is 225 g/mol. The Bertz CT molecular complexity index is 506. The predicted molar refractivity (Wildman–Crippen MR) is 47.7 cm³/mol. The molecule has 1 rings (SSSR count). The number of benzene rings is 1. The molecule has 9 nitrogen and oxygen atoms in total. The Morgan fingerprint density at radius 3 is 2.38 bits per heavy atom. The summed E-state index contributed by atoms with van der Waals surface area (Å²) < 4.78 is 4.13. The fourth-order valence-corrected chi connectivity index (χ4v) is 1.02. The zero-order valence-electron chi connectivity index (χ0n) is 7.48. The van der Waals surface area contributed by atoms with Gasteiger partial charge in [-0.15, -0.1) is 5.26 Å².